The summed E-state index contributed by atoms with van der Waals surface area (Å²) >= 11 is 0. The maximum absolute atomic E-state index is 10.6. The molecule has 3 nitrogen and oxygen atoms in total. The number of allylic oxidation sites excluding steroid dienone is 2. The van der Waals surface area contributed by atoms with Crippen molar-refractivity contribution >= 4 is 20.0 Å². The molecule has 0 saturated heterocycles. The summed E-state index contributed by atoms with van der Waals surface area (Å²) in [5.74, 6) is -0.342. The van der Waals surface area contributed by atoms with Crippen LogP contribution in [0.5, 0.6) is 0 Å². The van der Waals surface area contributed by atoms with Gasteiger partial charge in [-0.05, 0) is 5.60 Å². The van der Waals surface area contributed by atoms with Gasteiger partial charge >= 0.3 is 5.97 Å². The van der Waals surface area contributed by atoms with Gasteiger partial charge in [-0.2, -0.15) is 0 Å². The van der Waals surface area contributed by atoms with E-state index in [9.17, 15) is 4.79 Å². The van der Waals surface area contributed by atoms with Crippen molar-refractivity contribution in [1.82, 2.24) is 0 Å². The summed E-state index contributed by atoms with van der Waals surface area (Å²) < 4.78 is 4.38. The molecule has 0 bridgehead atoms. The van der Waals surface area contributed by atoms with Crippen LogP contribution in [0.4, 0.5) is 0 Å². The topological polar surface area (TPSA) is 38.7 Å². The first kappa shape index (κ1) is 10.7. The molecule has 0 heterocycles. The fourth-order valence-corrected chi connectivity index (χ4v) is 0.473. The molecule has 0 aromatic rings. The Labute approximate surface area is 73.2 Å². The van der Waals surface area contributed by atoms with Crippen LogP contribution in [0.15, 0.2) is 29.3 Å². The molecule has 62 valence electrons. The van der Waals surface area contributed by atoms with Crippen LogP contribution < -0.4 is 0 Å². The zero-order valence-electron chi connectivity index (χ0n) is 6.99. The highest BCUT2D eigenvalue weighted by molar-refractivity contribution is 6.22. The van der Waals surface area contributed by atoms with Crippen LogP contribution in [-0.4, -0.2) is 27.1 Å². The number of carbonyl (C=O) groups excluding carboxylic acids is 1. The first-order chi connectivity index (χ1) is 5.70. The second-order valence-electron chi connectivity index (χ2n) is 1.92. The van der Waals surface area contributed by atoms with Crippen LogP contribution in [0.1, 0.15) is 6.42 Å². The Hall–Kier alpha value is -1.32. The molecule has 0 unspecified atom stereocenters. The van der Waals surface area contributed by atoms with Gasteiger partial charge in [-0.15, -0.1) is 0 Å². The number of rotatable bonds is 4. The standard InChI is InChI=1S/C8H10BNO2/c1-3-4-7(9)10-6-5-8(11)12-2/h3-4,6H,1,5H2,2H3/b7-4-,10-6?. The van der Waals surface area contributed by atoms with E-state index < -0.39 is 0 Å². The minimum atomic E-state index is -0.342. The summed E-state index contributed by atoms with van der Waals surface area (Å²) in [5.41, 5.74) is 0.314. The average Bonchev–Trinajstić information content (AvgIpc) is 2.04. The third-order valence-electron chi connectivity index (χ3n) is 1.01. The van der Waals surface area contributed by atoms with Gasteiger partial charge in [0.2, 0.25) is 0 Å². The quantitative estimate of drug-likeness (QED) is 0.266. The van der Waals surface area contributed by atoms with Gasteiger partial charge in [0.05, 0.1) is 13.5 Å². The number of esters is 1. The van der Waals surface area contributed by atoms with E-state index in [1.54, 1.807) is 0 Å². The van der Waals surface area contributed by atoms with Gasteiger partial charge in [0.15, 0.2) is 0 Å². The fraction of sp³-hybridized carbons (Fsp3) is 0.250. The lowest BCUT2D eigenvalue weighted by Crippen LogP contribution is -1.99. The number of carbonyl (C=O) groups is 1. The number of hydrogen-bond donors (Lipinski definition) is 0. The first-order valence-corrected chi connectivity index (χ1v) is 3.38. The number of ether oxygens (including phenoxy) is 1. The van der Waals surface area contributed by atoms with E-state index in [0.29, 0.717) is 5.60 Å². The molecular weight excluding hydrogens is 153 g/mol. The second-order valence-corrected chi connectivity index (χ2v) is 1.92. The van der Waals surface area contributed by atoms with E-state index >= 15 is 0 Å². The molecule has 0 fully saturated rings. The van der Waals surface area contributed by atoms with E-state index in [0.717, 1.165) is 0 Å². The summed E-state index contributed by atoms with van der Waals surface area (Å²) in [7, 11) is 6.67. The zero-order valence-corrected chi connectivity index (χ0v) is 6.99. The summed E-state index contributed by atoms with van der Waals surface area (Å²) in [6.45, 7) is 3.44. The number of nitrogens with zero attached hydrogens (tertiary/aromatic N) is 1. The molecule has 2 radical (unpaired) electrons. The summed E-state index contributed by atoms with van der Waals surface area (Å²) in [6, 6.07) is 0. The van der Waals surface area contributed by atoms with Gasteiger partial charge in [0, 0.05) is 6.21 Å². The van der Waals surface area contributed by atoms with Crippen LogP contribution in [0.3, 0.4) is 0 Å². The van der Waals surface area contributed by atoms with E-state index in [1.165, 1.54) is 25.5 Å². The number of hydrogen-bond acceptors (Lipinski definition) is 3. The molecule has 0 atom stereocenters. The van der Waals surface area contributed by atoms with Crippen molar-refractivity contribution in [3.05, 3.63) is 24.3 Å². The Morgan fingerprint density at radius 2 is 2.42 bits per heavy atom. The zero-order chi connectivity index (χ0) is 9.40. The minimum Gasteiger partial charge on any atom is -0.469 e. The van der Waals surface area contributed by atoms with Crippen molar-refractivity contribution in [2.45, 2.75) is 6.42 Å². The lowest BCUT2D eigenvalue weighted by Gasteiger charge is -1.92. The molecule has 0 saturated carbocycles. The molecule has 0 aliphatic carbocycles. The molecule has 0 aromatic carbocycles. The van der Waals surface area contributed by atoms with E-state index in [4.69, 9.17) is 7.85 Å². The number of methoxy groups -OCH3 is 1. The van der Waals surface area contributed by atoms with E-state index in [1.807, 2.05) is 0 Å². The molecule has 0 aliphatic heterocycles. The van der Waals surface area contributed by atoms with Crippen molar-refractivity contribution in [3.8, 4) is 0 Å². The molecule has 12 heavy (non-hydrogen) atoms. The highest BCUT2D eigenvalue weighted by atomic mass is 16.5. The Morgan fingerprint density at radius 3 is 2.92 bits per heavy atom. The van der Waals surface area contributed by atoms with Gasteiger partial charge in [-0.25, -0.2) is 0 Å². The summed E-state index contributed by atoms with van der Waals surface area (Å²) in [5, 5.41) is 0. The largest absolute Gasteiger partial charge is 0.469 e. The Morgan fingerprint density at radius 1 is 1.75 bits per heavy atom. The summed E-state index contributed by atoms with van der Waals surface area (Å²) in [6.07, 6.45) is 4.57. The van der Waals surface area contributed by atoms with Crippen molar-refractivity contribution in [1.29, 1.82) is 0 Å². The van der Waals surface area contributed by atoms with Gasteiger partial charge < -0.3 is 4.74 Å². The lowest BCUT2D eigenvalue weighted by atomic mass is 10.1. The Kier molecular flexibility index (Phi) is 5.70. The SMILES string of the molecule is [B]/C(=C/C=C)N=CCC(=O)OC. The predicted octanol–water partition coefficient (Wildman–Crippen LogP) is 0.816. The highest BCUT2D eigenvalue weighted by Crippen LogP contribution is 1.89. The maximum Gasteiger partial charge on any atom is 0.310 e. The molecule has 0 amide bonds. The van der Waals surface area contributed by atoms with Crippen molar-refractivity contribution < 1.29 is 9.53 Å². The van der Waals surface area contributed by atoms with E-state index in [-0.39, 0.29) is 12.4 Å². The van der Waals surface area contributed by atoms with Gasteiger partial charge in [0.25, 0.3) is 0 Å². The number of aliphatic imine (C=N–C) groups is 1. The Bertz CT molecular complexity index is 221. The van der Waals surface area contributed by atoms with Crippen LogP contribution in [0, 0.1) is 0 Å². The van der Waals surface area contributed by atoms with Crippen molar-refractivity contribution in [3.63, 3.8) is 0 Å². The molecule has 0 aliphatic rings. The third kappa shape index (κ3) is 5.47. The normalized spacial score (nSPS) is 11.6. The third-order valence-corrected chi connectivity index (χ3v) is 1.01. The highest BCUT2D eigenvalue weighted by Gasteiger charge is 1.93. The second kappa shape index (κ2) is 6.40. The Balaban J connectivity index is 3.83. The molecular formula is C8H10BNO2. The van der Waals surface area contributed by atoms with Gasteiger partial charge in [0.1, 0.15) is 7.85 Å². The predicted molar refractivity (Wildman–Crippen MR) is 49.2 cm³/mol. The molecule has 0 spiro atoms. The maximum atomic E-state index is 10.6. The molecule has 0 N–H and O–H groups in total. The smallest absolute Gasteiger partial charge is 0.310 e. The van der Waals surface area contributed by atoms with Crippen LogP contribution in [-0.2, 0) is 9.53 Å². The van der Waals surface area contributed by atoms with Crippen molar-refractivity contribution in [2.24, 2.45) is 4.99 Å². The first-order valence-electron chi connectivity index (χ1n) is 3.38. The average molecular weight is 163 g/mol. The van der Waals surface area contributed by atoms with Crippen LogP contribution >= 0.6 is 0 Å². The fourth-order valence-electron chi connectivity index (χ4n) is 0.473. The lowest BCUT2D eigenvalue weighted by molar-refractivity contribution is -0.139. The monoisotopic (exact) mass is 163 g/mol. The molecule has 0 rings (SSSR count). The summed E-state index contributed by atoms with van der Waals surface area (Å²) in [4.78, 5) is 14.3. The molecule has 4 heteroatoms. The van der Waals surface area contributed by atoms with Gasteiger partial charge in [-0.3, -0.25) is 9.79 Å². The van der Waals surface area contributed by atoms with Gasteiger partial charge in [-0.1, -0.05) is 18.7 Å². The van der Waals surface area contributed by atoms with Crippen LogP contribution in [0.25, 0.3) is 0 Å². The van der Waals surface area contributed by atoms with Crippen molar-refractivity contribution in [2.75, 3.05) is 7.11 Å². The van der Waals surface area contributed by atoms with E-state index in [2.05, 4.69) is 16.3 Å². The van der Waals surface area contributed by atoms with Crippen LogP contribution in [0.2, 0.25) is 0 Å². The minimum absolute atomic E-state index is 0.127. The molecule has 0 aromatic heterocycles.